The molecule has 0 amide bonds. The van der Waals surface area contributed by atoms with Crippen LogP contribution in [-0.2, 0) is 0 Å². The van der Waals surface area contributed by atoms with Crippen molar-refractivity contribution in [3.8, 4) is 33.4 Å². The minimum atomic E-state index is -0.440. The number of hydrogen-bond acceptors (Lipinski definition) is 1. The Balaban J connectivity index is 1.41. The first-order valence-corrected chi connectivity index (χ1v) is 16.9. The Morgan fingerprint density at radius 1 is 0.353 bits per heavy atom. The molecular weight excluding hydrogens is 617 g/mol. The molecule has 0 fully saturated rings. The summed E-state index contributed by atoms with van der Waals surface area (Å²) in [6.45, 7) is 0. The molecule has 0 aliphatic carbocycles. The molecule has 0 aliphatic rings. The molecule has 0 N–H and O–H groups in total. The Morgan fingerprint density at radius 2 is 0.922 bits per heavy atom. The van der Waals surface area contributed by atoms with Crippen molar-refractivity contribution in [3.05, 3.63) is 182 Å². The van der Waals surface area contributed by atoms with Crippen LogP contribution in [0.4, 0.5) is 0 Å². The third-order valence-electron chi connectivity index (χ3n) is 10.3. The SMILES string of the molecule is [2H]c1c([2H])c([2H])c2c(-c3ccc4ccccc4c3-c3cccc4oc5ccc6ccccc6c5c34)c3c([2H])c([2H])c([2H])c([2H])c3c(-c3ccc4ccccc4c3)c2c1[2H]. The minimum Gasteiger partial charge on any atom is -0.456 e. The minimum absolute atomic E-state index is 0.169. The molecule has 10 aromatic carbocycles. The van der Waals surface area contributed by atoms with Crippen molar-refractivity contribution in [2.45, 2.75) is 0 Å². The average molecular weight is 655 g/mol. The van der Waals surface area contributed by atoms with E-state index in [2.05, 4.69) is 12.1 Å². The fraction of sp³-hybridized carbons (Fsp3) is 0. The molecule has 1 heteroatoms. The number of hydrogen-bond donors (Lipinski definition) is 0. The van der Waals surface area contributed by atoms with Crippen LogP contribution in [0.2, 0.25) is 0 Å². The van der Waals surface area contributed by atoms with Gasteiger partial charge in [-0.1, -0.05) is 164 Å². The lowest BCUT2D eigenvalue weighted by Crippen LogP contribution is -1.94. The summed E-state index contributed by atoms with van der Waals surface area (Å²) in [7, 11) is 0. The van der Waals surface area contributed by atoms with E-state index < -0.39 is 24.2 Å². The van der Waals surface area contributed by atoms with Crippen LogP contribution in [0.1, 0.15) is 11.0 Å². The molecule has 0 aliphatic heterocycles. The fourth-order valence-corrected chi connectivity index (χ4v) is 8.09. The fourth-order valence-electron chi connectivity index (χ4n) is 8.09. The highest BCUT2D eigenvalue weighted by atomic mass is 16.3. The molecule has 0 atom stereocenters. The van der Waals surface area contributed by atoms with Crippen LogP contribution in [0.25, 0.3) is 109 Å². The number of rotatable bonds is 3. The Labute approximate surface area is 305 Å². The second kappa shape index (κ2) is 10.9. The van der Waals surface area contributed by atoms with Crippen molar-refractivity contribution in [1.29, 1.82) is 0 Å². The topological polar surface area (TPSA) is 13.1 Å². The van der Waals surface area contributed by atoms with E-state index in [-0.39, 0.29) is 45.7 Å². The highest BCUT2D eigenvalue weighted by Crippen LogP contribution is 2.50. The van der Waals surface area contributed by atoms with Gasteiger partial charge in [-0.05, 0) is 105 Å². The van der Waals surface area contributed by atoms with Crippen molar-refractivity contribution in [1.82, 2.24) is 0 Å². The molecule has 0 unspecified atom stereocenters. The molecule has 0 saturated heterocycles. The van der Waals surface area contributed by atoms with Crippen LogP contribution in [0.15, 0.2) is 186 Å². The van der Waals surface area contributed by atoms with E-state index in [0.29, 0.717) is 33.4 Å². The van der Waals surface area contributed by atoms with Crippen molar-refractivity contribution < 1.29 is 15.4 Å². The van der Waals surface area contributed by atoms with E-state index >= 15 is 0 Å². The summed E-state index contributed by atoms with van der Waals surface area (Å²) in [5, 5.41) is 8.15. The van der Waals surface area contributed by atoms with Gasteiger partial charge < -0.3 is 4.42 Å². The van der Waals surface area contributed by atoms with E-state index in [1.807, 2.05) is 121 Å². The zero-order valence-electron chi connectivity index (χ0n) is 35.1. The monoisotopic (exact) mass is 654 g/mol. The summed E-state index contributed by atoms with van der Waals surface area (Å²) in [6, 6.07) is 40.4. The first-order chi connectivity index (χ1) is 28.6. The summed E-state index contributed by atoms with van der Waals surface area (Å²) >= 11 is 0. The number of furan rings is 1. The molecule has 51 heavy (non-hydrogen) atoms. The van der Waals surface area contributed by atoms with E-state index in [4.69, 9.17) is 9.90 Å². The van der Waals surface area contributed by atoms with E-state index in [1.165, 1.54) is 0 Å². The van der Waals surface area contributed by atoms with Crippen molar-refractivity contribution in [3.63, 3.8) is 0 Å². The molecule has 1 aromatic heterocycles. The van der Waals surface area contributed by atoms with Crippen LogP contribution in [0, 0.1) is 0 Å². The lowest BCUT2D eigenvalue weighted by Gasteiger charge is -2.21. The van der Waals surface area contributed by atoms with Gasteiger partial charge >= 0.3 is 0 Å². The molecule has 236 valence electrons. The van der Waals surface area contributed by atoms with Gasteiger partial charge in [0.2, 0.25) is 0 Å². The van der Waals surface area contributed by atoms with Gasteiger partial charge in [-0.2, -0.15) is 0 Å². The van der Waals surface area contributed by atoms with E-state index in [0.717, 1.165) is 54.2 Å². The standard InChI is InChI=1S/C50H30O/c1-2-15-34-30-35(25-24-31(34)12-1)46-38-18-7-9-20-40(38)48(41-21-10-8-19-39(41)46)43-28-26-32-13-3-5-16-36(32)47(43)42-22-11-23-44-50(42)49-37-17-6-4-14-33(37)27-29-45(49)51-44/h1-30H/i7D,8D,9D,10D,18D,19D,20D,21D. The second-order valence-corrected chi connectivity index (χ2v) is 13.0. The Kier molecular flexibility index (Phi) is 4.57. The Bertz CT molecular complexity index is 3580. The molecule has 1 heterocycles. The third-order valence-corrected chi connectivity index (χ3v) is 10.3. The van der Waals surface area contributed by atoms with Gasteiger partial charge in [-0.25, -0.2) is 0 Å². The summed E-state index contributed by atoms with van der Waals surface area (Å²) in [5.41, 5.74) is 4.68. The Hall–Kier alpha value is -6.70. The quantitative estimate of drug-likeness (QED) is 0.173. The average Bonchev–Trinajstić information content (AvgIpc) is 3.67. The van der Waals surface area contributed by atoms with Crippen molar-refractivity contribution in [2.24, 2.45) is 0 Å². The van der Waals surface area contributed by atoms with Crippen LogP contribution >= 0.6 is 0 Å². The predicted octanol–water partition coefficient (Wildman–Crippen LogP) is 14.4. The lowest BCUT2D eigenvalue weighted by molar-refractivity contribution is 0.669. The molecule has 0 bridgehead atoms. The van der Waals surface area contributed by atoms with E-state index in [9.17, 15) is 5.48 Å². The molecule has 0 saturated carbocycles. The molecular formula is C50H30O. The van der Waals surface area contributed by atoms with Gasteiger partial charge in [0.05, 0.1) is 11.0 Å². The van der Waals surface area contributed by atoms with Crippen LogP contribution in [0.3, 0.4) is 0 Å². The van der Waals surface area contributed by atoms with Crippen molar-refractivity contribution >= 4 is 75.8 Å². The van der Waals surface area contributed by atoms with E-state index in [1.54, 1.807) is 0 Å². The first kappa shape index (κ1) is 21.4. The normalized spacial score (nSPS) is 14.1. The number of fused-ring (bicyclic) bond motifs is 9. The highest BCUT2D eigenvalue weighted by Gasteiger charge is 2.23. The predicted molar refractivity (Wildman–Crippen MR) is 218 cm³/mol. The molecule has 0 radical (unpaired) electrons. The van der Waals surface area contributed by atoms with Crippen LogP contribution < -0.4 is 0 Å². The Morgan fingerprint density at radius 3 is 1.67 bits per heavy atom. The summed E-state index contributed by atoms with van der Waals surface area (Å²) in [6.07, 6.45) is 0. The lowest BCUT2D eigenvalue weighted by atomic mass is 9.81. The smallest absolute Gasteiger partial charge is 0.136 e. The zero-order valence-corrected chi connectivity index (χ0v) is 27.1. The highest BCUT2D eigenvalue weighted by molar-refractivity contribution is 6.28. The maximum Gasteiger partial charge on any atom is 0.136 e. The maximum absolute atomic E-state index is 9.65. The molecule has 0 spiro atoms. The van der Waals surface area contributed by atoms with Gasteiger partial charge in [0, 0.05) is 10.8 Å². The van der Waals surface area contributed by atoms with Crippen molar-refractivity contribution in [2.75, 3.05) is 0 Å². The summed E-state index contributed by atoms with van der Waals surface area (Å²) in [5.74, 6) is 0. The number of benzene rings is 10. The summed E-state index contributed by atoms with van der Waals surface area (Å²) in [4.78, 5) is 0. The molecule has 11 rings (SSSR count). The van der Waals surface area contributed by atoms with Crippen LogP contribution in [0.5, 0.6) is 0 Å². The third kappa shape index (κ3) is 4.16. The van der Waals surface area contributed by atoms with Gasteiger partial charge in [-0.15, -0.1) is 0 Å². The largest absolute Gasteiger partial charge is 0.456 e. The van der Waals surface area contributed by atoms with Crippen LogP contribution in [-0.4, -0.2) is 0 Å². The molecule has 11 aromatic rings. The van der Waals surface area contributed by atoms with Gasteiger partial charge in [-0.3, -0.25) is 0 Å². The zero-order chi connectivity index (χ0) is 40.4. The van der Waals surface area contributed by atoms with Gasteiger partial charge in [0.25, 0.3) is 0 Å². The van der Waals surface area contributed by atoms with Gasteiger partial charge in [0.1, 0.15) is 11.2 Å². The summed E-state index contributed by atoms with van der Waals surface area (Å²) < 4.78 is 80.9. The van der Waals surface area contributed by atoms with Gasteiger partial charge in [0.15, 0.2) is 0 Å². The molecule has 1 nitrogen and oxygen atoms in total. The second-order valence-electron chi connectivity index (χ2n) is 13.0. The maximum atomic E-state index is 9.65. The first-order valence-electron chi connectivity index (χ1n) is 20.9.